The fourth-order valence-corrected chi connectivity index (χ4v) is 3.30. The number of furan rings is 1. The predicted octanol–water partition coefficient (Wildman–Crippen LogP) is 3.02. The summed E-state index contributed by atoms with van der Waals surface area (Å²) in [5.74, 6) is 2.84. The zero-order chi connectivity index (χ0) is 15.2. The van der Waals surface area contributed by atoms with E-state index >= 15 is 0 Å². The summed E-state index contributed by atoms with van der Waals surface area (Å²) < 4.78 is 10.9. The van der Waals surface area contributed by atoms with Crippen molar-refractivity contribution in [2.45, 2.75) is 38.1 Å². The van der Waals surface area contributed by atoms with Crippen molar-refractivity contribution >= 4 is 11.3 Å². The van der Waals surface area contributed by atoms with Crippen LogP contribution in [0.4, 0.5) is 0 Å². The van der Waals surface area contributed by atoms with Crippen molar-refractivity contribution < 1.29 is 8.94 Å². The van der Waals surface area contributed by atoms with E-state index in [1.54, 1.807) is 11.3 Å². The van der Waals surface area contributed by atoms with Crippen molar-refractivity contribution in [2.24, 2.45) is 5.73 Å². The molecular formula is C15H16N4O2S. The van der Waals surface area contributed by atoms with Gasteiger partial charge < -0.3 is 14.7 Å². The molecule has 0 saturated heterocycles. The predicted molar refractivity (Wildman–Crippen MR) is 81.4 cm³/mol. The molecule has 6 nitrogen and oxygen atoms in total. The molecule has 0 aromatic carbocycles. The van der Waals surface area contributed by atoms with Gasteiger partial charge in [0.25, 0.3) is 0 Å². The number of aromatic nitrogens is 3. The Bertz CT molecular complexity index is 800. The lowest BCUT2D eigenvalue weighted by Gasteiger charge is -2.34. The lowest BCUT2D eigenvalue weighted by atomic mass is 9.77. The second-order valence-corrected chi connectivity index (χ2v) is 6.61. The van der Waals surface area contributed by atoms with Crippen LogP contribution >= 0.6 is 11.3 Å². The van der Waals surface area contributed by atoms with Gasteiger partial charge >= 0.3 is 0 Å². The minimum absolute atomic E-state index is 0.388. The maximum Gasteiger partial charge on any atom is 0.232 e. The first-order valence-corrected chi connectivity index (χ1v) is 8.13. The summed E-state index contributed by atoms with van der Waals surface area (Å²) in [6.45, 7) is 1.92. The Morgan fingerprint density at radius 2 is 2.18 bits per heavy atom. The third kappa shape index (κ3) is 2.36. The minimum atomic E-state index is -0.388. The van der Waals surface area contributed by atoms with Crippen LogP contribution in [-0.4, -0.2) is 15.1 Å². The normalized spacial score (nSPS) is 16.6. The highest BCUT2D eigenvalue weighted by Crippen LogP contribution is 2.37. The van der Waals surface area contributed by atoms with E-state index in [1.165, 1.54) is 0 Å². The molecule has 4 rings (SSSR count). The highest BCUT2D eigenvalue weighted by Gasteiger charge is 2.38. The third-order valence-corrected chi connectivity index (χ3v) is 4.90. The number of hydrogen-bond acceptors (Lipinski definition) is 7. The quantitative estimate of drug-likeness (QED) is 0.795. The summed E-state index contributed by atoms with van der Waals surface area (Å²) in [7, 11) is 0. The van der Waals surface area contributed by atoms with E-state index in [9.17, 15) is 0 Å². The van der Waals surface area contributed by atoms with Crippen LogP contribution in [0.1, 0.15) is 42.4 Å². The van der Waals surface area contributed by atoms with E-state index in [2.05, 4.69) is 15.1 Å². The Morgan fingerprint density at radius 3 is 2.86 bits per heavy atom. The molecule has 3 heterocycles. The van der Waals surface area contributed by atoms with Crippen LogP contribution in [0, 0.1) is 6.92 Å². The fourth-order valence-electron chi connectivity index (χ4n) is 2.52. The van der Waals surface area contributed by atoms with E-state index < -0.39 is 0 Å². The zero-order valence-electron chi connectivity index (χ0n) is 12.2. The largest absolute Gasteiger partial charge is 0.459 e. The van der Waals surface area contributed by atoms with Gasteiger partial charge in [-0.25, -0.2) is 4.98 Å². The summed E-state index contributed by atoms with van der Waals surface area (Å²) in [6, 6.07) is 3.86. The van der Waals surface area contributed by atoms with E-state index in [0.29, 0.717) is 18.1 Å². The van der Waals surface area contributed by atoms with Crippen molar-refractivity contribution in [1.29, 1.82) is 0 Å². The Morgan fingerprint density at radius 1 is 1.32 bits per heavy atom. The fraction of sp³-hybridized carbons (Fsp3) is 0.400. The molecule has 1 aliphatic carbocycles. The zero-order valence-corrected chi connectivity index (χ0v) is 13.0. The van der Waals surface area contributed by atoms with E-state index in [1.807, 2.05) is 24.4 Å². The average Bonchev–Trinajstić information content (AvgIpc) is 3.17. The van der Waals surface area contributed by atoms with Crippen LogP contribution < -0.4 is 5.73 Å². The smallest absolute Gasteiger partial charge is 0.232 e. The van der Waals surface area contributed by atoms with Crippen molar-refractivity contribution in [3.63, 3.8) is 0 Å². The number of nitrogens with two attached hydrogens (primary N) is 1. The number of rotatable bonds is 4. The Kier molecular flexibility index (Phi) is 3.12. The molecule has 3 aromatic heterocycles. The second-order valence-electron chi connectivity index (χ2n) is 5.75. The molecule has 2 N–H and O–H groups in total. The molecule has 1 fully saturated rings. The van der Waals surface area contributed by atoms with Crippen LogP contribution in [0.2, 0.25) is 0 Å². The van der Waals surface area contributed by atoms with Gasteiger partial charge in [0.15, 0.2) is 16.6 Å². The van der Waals surface area contributed by atoms with Crippen LogP contribution in [0.25, 0.3) is 10.8 Å². The Balaban J connectivity index is 1.51. The van der Waals surface area contributed by atoms with Crippen molar-refractivity contribution in [3.8, 4) is 10.8 Å². The maximum atomic E-state index is 6.20. The molecule has 114 valence electrons. The van der Waals surface area contributed by atoms with Crippen LogP contribution in [0.3, 0.4) is 0 Å². The van der Waals surface area contributed by atoms with E-state index in [4.69, 9.17) is 14.7 Å². The second kappa shape index (κ2) is 5.03. The first-order chi connectivity index (χ1) is 10.6. The van der Waals surface area contributed by atoms with E-state index in [-0.39, 0.29) is 5.54 Å². The van der Waals surface area contributed by atoms with Gasteiger partial charge in [-0.15, -0.1) is 11.3 Å². The topological polar surface area (TPSA) is 91.0 Å². The van der Waals surface area contributed by atoms with Crippen LogP contribution in [-0.2, 0) is 12.0 Å². The molecular weight excluding hydrogens is 300 g/mol. The molecule has 3 aromatic rings. The Hall–Kier alpha value is -1.99. The first kappa shape index (κ1) is 13.7. The maximum absolute atomic E-state index is 6.20. The van der Waals surface area contributed by atoms with Crippen molar-refractivity contribution in [3.05, 3.63) is 40.7 Å². The Labute approximate surface area is 131 Å². The first-order valence-electron chi connectivity index (χ1n) is 7.26. The minimum Gasteiger partial charge on any atom is -0.459 e. The number of hydrogen-bond donors (Lipinski definition) is 1. The molecule has 1 aliphatic rings. The van der Waals surface area contributed by atoms with E-state index in [0.717, 1.165) is 41.5 Å². The van der Waals surface area contributed by atoms with Gasteiger partial charge in [-0.3, -0.25) is 0 Å². The van der Waals surface area contributed by atoms with Crippen LogP contribution in [0.5, 0.6) is 0 Å². The van der Waals surface area contributed by atoms with Gasteiger partial charge in [0, 0.05) is 5.38 Å². The van der Waals surface area contributed by atoms with Gasteiger partial charge in [-0.05, 0) is 38.3 Å². The summed E-state index contributed by atoms with van der Waals surface area (Å²) in [6.07, 6.45) is 3.48. The number of aryl methyl sites for hydroxylation is 1. The molecule has 0 unspecified atom stereocenters. The number of thiazole rings is 1. The van der Waals surface area contributed by atoms with Crippen LogP contribution in [0.15, 0.2) is 26.5 Å². The SMILES string of the molecule is Cc1ccc(-c2nc(Cc3nc(C4(N)CCC4)no3)cs2)o1. The molecule has 0 bridgehead atoms. The highest BCUT2D eigenvalue weighted by molar-refractivity contribution is 7.13. The lowest BCUT2D eigenvalue weighted by Crippen LogP contribution is -2.44. The van der Waals surface area contributed by atoms with Gasteiger partial charge in [-0.1, -0.05) is 5.16 Å². The van der Waals surface area contributed by atoms with Crippen molar-refractivity contribution in [2.75, 3.05) is 0 Å². The molecule has 22 heavy (non-hydrogen) atoms. The molecule has 0 radical (unpaired) electrons. The molecule has 0 atom stereocenters. The molecule has 7 heteroatoms. The molecule has 0 amide bonds. The molecule has 1 saturated carbocycles. The number of nitrogens with zero attached hydrogens (tertiary/aromatic N) is 3. The monoisotopic (exact) mass is 316 g/mol. The van der Waals surface area contributed by atoms with Gasteiger partial charge in [0.1, 0.15) is 5.76 Å². The highest BCUT2D eigenvalue weighted by atomic mass is 32.1. The van der Waals surface area contributed by atoms with Gasteiger partial charge in [-0.2, -0.15) is 4.98 Å². The van der Waals surface area contributed by atoms with Gasteiger partial charge in [0.2, 0.25) is 5.89 Å². The third-order valence-electron chi connectivity index (χ3n) is 3.99. The molecule has 0 aliphatic heterocycles. The lowest BCUT2D eigenvalue weighted by molar-refractivity contribution is 0.229. The van der Waals surface area contributed by atoms with Crippen molar-refractivity contribution in [1.82, 2.24) is 15.1 Å². The summed E-state index contributed by atoms with van der Waals surface area (Å²) >= 11 is 1.54. The molecule has 0 spiro atoms. The van der Waals surface area contributed by atoms with Gasteiger partial charge in [0.05, 0.1) is 17.7 Å². The standard InChI is InChI=1S/C15H16N4O2S/c1-9-3-4-11(20-9)13-17-10(8-22-13)7-12-18-14(19-21-12)15(16)5-2-6-15/h3-4,8H,2,5-7,16H2,1H3. The summed E-state index contributed by atoms with van der Waals surface area (Å²) in [5, 5.41) is 6.86. The summed E-state index contributed by atoms with van der Waals surface area (Å²) in [5.41, 5.74) is 6.71. The summed E-state index contributed by atoms with van der Waals surface area (Å²) in [4.78, 5) is 8.98. The average molecular weight is 316 g/mol.